The van der Waals surface area contributed by atoms with Crippen LogP contribution in [0.3, 0.4) is 0 Å². The molecule has 116 valence electrons. The molecular weight excluding hydrogens is 326 g/mol. The predicted molar refractivity (Wildman–Crippen MR) is 86.8 cm³/mol. The summed E-state index contributed by atoms with van der Waals surface area (Å²) in [6.45, 7) is 1.40. The first-order valence-electron chi connectivity index (χ1n) is 6.22. The van der Waals surface area contributed by atoms with Gasteiger partial charge in [-0.25, -0.2) is 4.79 Å². The van der Waals surface area contributed by atoms with E-state index in [-0.39, 0.29) is 15.8 Å². The van der Waals surface area contributed by atoms with Gasteiger partial charge in [-0.15, -0.1) is 0 Å². The second-order valence-electron chi connectivity index (χ2n) is 4.50. The van der Waals surface area contributed by atoms with Crippen molar-refractivity contribution >= 4 is 46.3 Å². The third kappa shape index (κ3) is 3.07. The van der Waals surface area contributed by atoms with Crippen LogP contribution in [0.25, 0.3) is 6.08 Å². The van der Waals surface area contributed by atoms with Crippen LogP contribution in [-0.2, 0) is 9.59 Å². The lowest BCUT2D eigenvalue weighted by Gasteiger charge is -2.18. The van der Waals surface area contributed by atoms with Gasteiger partial charge in [0, 0.05) is 0 Å². The lowest BCUT2D eigenvalue weighted by atomic mass is 10.2. The van der Waals surface area contributed by atoms with Gasteiger partial charge in [0.05, 0.1) is 12.0 Å². The first kappa shape index (κ1) is 16.3. The molecule has 0 aliphatic carbocycles. The lowest BCUT2D eigenvalue weighted by Crippen LogP contribution is -2.41. The smallest absolute Gasteiger partial charge is 0.326 e. The Hall–Kier alpha value is -2.06. The Bertz CT molecular complexity index is 686. The normalized spacial score (nSPS) is 17.9. The van der Waals surface area contributed by atoms with Crippen LogP contribution in [0.1, 0.15) is 12.5 Å². The van der Waals surface area contributed by atoms with E-state index in [0.29, 0.717) is 10.5 Å². The number of thioether (sulfide) groups is 1. The van der Waals surface area contributed by atoms with Crippen molar-refractivity contribution in [1.29, 1.82) is 0 Å². The number of hydrogen-bond acceptors (Lipinski definition) is 6. The van der Waals surface area contributed by atoms with Crippen LogP contribution >= 0.6 is 24.0 Å². The quantitative estimate of drug-likeness (QED) is 0.641. The van der Waals surface area contributed by atoms with E-state index < -0.39 is 17.9 Å². The van der Waals surface area contributed by atoms with Crippen molar-refractivity contribution in [3.8, 4) is 11.5 Å². The zero-order valence-corrected chi connectivity index (χ0v) is 13.4. The molecule has 1 amide bonds. The van der Waals surface area contributed by atoms with Crippen LogP contribution < -0.4 is 4.74 Å². The molecule has 1 fully saturated rings. The average Bonchev–Trinajstić information content (AvgIpc) is 2.74. The number of hydrogen-bond donors (Lipinski definition) is 2. The summed E-state index contributed by atoms with van der Waals surface area (Å²) in [5, 5.41) is 18.6. The van der Waals surface area contributed by atoms with Crippen molar-refractivity contribution in [3.63, 3.8) is 0 Å². The van der Waals surface area contributed by atoms with E-state index in [4.69, 9.17) is 22.1 Å². The van der Waals surface area contributed by atoms with Gasteiger partial charge in [0.25, 0.3) is 5.91 Å². The topological polar surface area (TPSA) is 87.1 Å². The highest BCUT2D eigenvalue weighted by atomic mass is 32.2. The molecule has 2 rings (SSSR count). The Morgan fingerprint density at radius 3 is 2.77 bits per heavy atom. The van der Waals surface area contributed by atoms with Crippen LogP contribution in [0.2, 0.25) is 0 Å². The third-order valence-electron chi connectivity index (χ3n) is 3.07. The molecule has 1 atom stereocenters. The fourth-order valence-electron chi connectivity index (χ4n) is 1.86. The summed E-state index contributed by atoms with van der Waals surface area (Å²) in [4.78, 5) is 24.7. The van der Waals surface area contributed by atoms with Crippen molar-refractivity contribution in [2.45, 2.75) is 13.0 Å². The molecule has 0 saturated carbocycles. The number of carbonyl (C=O) groups excluding carboxylic acids is 1. The Kier molecular flexibility index (Phi) is 4.72. The molecule has 2 N–H and O–H groups in total. The Morgan fingerprint density at radius 1 is 1.50 bits per heavy atom. The summed E-state index contributed by atoms with van der Waals surface area (Å²) < 4.78 is 5.21. The number of carboxylic acid groups (broad SMARTS) is 1. The number of amides is 1. The van der Waals surface area contributed by atoms with E-state index in [1.165, 1.54) is 20.1 Å². The molecule has 1 saturated heterocycles. The number of carboxylic acids is 1. The zero-order valence-electron chi connectivity index (χ0n) is 11.8. The molecule has 6 nitrogen and oxygen atoms in total. The Balaban J connectivity index is 2.32. The Morgan fingerprint density at radius 2 is 2.18 bits per heavy atom. The van der Waals surface area contributed by atoms with Gasteiger partial charge in [-0.2, -0.15) is 0 Å². The number of rotatable bonds is 4. The standard InChI is InChI=1S/C14H13NO5S2/c1-7(13(18)19)15-12(17)11(22-14(15)21)6-8-3-4-9(16)10(5-8)20-2/h3-7,16H,1-2H3,(H,18,19). The number of thiocarbonyl (C=S) groups is 1. The van der Waals surface area contributed by atoms with Crippen LogP contribution in [0.5, 0.6) is 11.5 Å². The van der Waals surface area contributed by atoms with Gasteiger partial charge in [0.2, 0.25) is 0 Å². The number of nitrogens with zero attached hydrogens (tertiary/aromatic N) is 1. The van der Waals surface area contributed by atoms with Crippen LogP contribution in [-0.4, -0.2) is 44.5 Å². The summed E-state index contributed by atoms with van der Waals surface area (Å²) >= 11 is 6.12. The number of carbonyl (C=O) groups is 2. The average molecular weight is 339 g/mol. The minimum absolute atomic E-state index is 0.00769. The molecular formula is C14H13NO5S2. The summed E-state index contributed by atoms with van der Waals surface area (Å²) in [5.41, 5.74) is 0.637. The fourth-order valence-corrected chi connectivity index (χ4v) is 3.28. The molecule has 8 heteroatoms. The maximum atomic E-state index is 12.3. The SMILES string of the molecule is COc1cc(C=C2SC(=S)N(C(C)C(=O)O)C2=O)ccc1O. The number of phenolic OH excluding ortho intramolecular Hbond substituents is 1. The molecule has 1 aromatic rings. The molecule has 22 heavy (non-hydrogen) atoms. The number of aliphatic carboxylic acids is 1. The van der Waals surface area contributed by atoms with Crippen molar-refractivity contribution < 1.29 is 24.5 Å². The van der Waals surface area contributed by atoms with Gasteiger partial charge < -0.3 is 14.9 Å². The molecule has 0 radical (unpaired) electrons. The number of methoxy groups -OCH3 is 1. The van der Waals surface area contributed by atoms with E-state index in [2.05, 4.69) is 0 Å². The minimum Gasteiger partial charge on any atom is -0.504 e. The first-order valence-corrected chi connectivity index (χ1v) is 7.44. The summed E-state index contributed by atoms with van der Waals surface area (Å²) in [6, 6.07) is 3.62. The molecule has 1 heterocycles. The summed E-state index contributed by atoms with van der Waals surface area (Å²) in [6.07, 6.45) is 1.58. The monoisotopic (exact) mass is 339 g/mol. The van der Waals surface area contributed by atoms with Crippen LogP contribution in [0.4, 0.5) is 0 Å². The number of benzene rings is 1. The summed E-state index contributed by atoms with van der Waals surface area (Å²) in [7, 11) is 1.42. The molecule has 1 aliphatic heterocycles. The van der Waals surface area contributed by atoms with Crippen molar-refractivity contribution in [2.75, 3.05) is 7.11 Å². The van der Waals surface area contributed by atoms with E-state index in [9.17, 15) is 14.7 Å². The van der Waals surface area contributed by atoms with Crippen molar-refractivity contribution in [1.82, 2.24) is 4.90 Å². The number of phenols is 1. The van der Waals surface area contributed by atoms with Gasteiger partial charge in [-0.3, -0.25) is 9.69 Å². The lowest BCUT2D eigenvalue weighted by molar-refractivity contribution is -0.144. The van der Waals surface area contributed by atoms with Gasteiger partial charge in [-0.05, 0) is 30.7 Å². The molecule has 1 unspecified atom stereocenters. The molecule has 1 aliphatic rings. The second-order valence-corrected chi connectivity index (χ2v) is 6.17. The minimum atomic E-state index is -1.12. The number of ether oxygens (including phenoxy) is 1. The van der Waals surface area contributed by atoms with Crippen molar-refractivity contribution in [2.24, 2.45) is 0 Å². The molecule has 0 bridgehead atoms. The predicted octanol–water partition coefficient (Wildman–Crippen LogP) is 2.08. The third-order valence-corrected chi connectivity index (χ3v) is 4.40. The first-order chi connectivity index (χ1) is 10.3. The maximum Gasteiger partial charge on any atom is 0.326 e. The highest BCUT2D eigenvalue weighted by Crippen LogP contribution is 2.35. The second kappa shape index (κ2) is 6.37. The van der Waals surface area contributed by atoms with E-state index in [1.54, 1.807) is 18.2 Å². The number of aromatic hydroxyl groups is 1. The van der Waals surface area contributed by atoms with E-state index in [1.807, 2.05) is 0 Å². The van der Waals surface area contributed by atoms with E-state index >= 15 is 0 Å². The van der Waals surface area contributed by atoms with Crippen LogP contribution in [0.15, 0.2) is 23.1 Å². The van der Waals surface area contributed by atoms with Gasteiger partial charge >= 0.3 is 5.97 Å². The summed E-state index contributed by atoms with van der Waals surface area (Å²) in [5.74, 6) is -1.30. The highest BCUT2D eigenvalue weighted by Gasteiger charge is 2.38. The molecule has 0 spiro atoms. The molecule has 1 aromatic carbocycles. The Labute approximate surface area is 136 Å². The van der Waals surface area contributed by atoms with Crippen LogP contribution in [0, 0.1) is 0 Å². The highest BCUT2D eigenvalue weighted by molar-refractivity contribution is 8.26. The largest absolute Gasteiger partial charge is 0.504 e. The van der Waals surface area contributed by atoms with Gasteiger partial charge in [0.1, 0.15) is 10.4 Å². The van der Waals surface area contributed by atoms with Gasteiger partial charge in [-0.1, -0.05) is 30.0 Å². The fraction of sp³-hybridized carbons (Fsp3) is 0.214. The van der Waals surface area contributed by atoms with E-state index in [0.717, 1.165) is 16.7 Å². The maximum absolute atomic E-state index is 12.3. The molecule has 0 aromatic heterocycles. The van der Waals surface area contributed by atoms with Gasteiger partial charge in [0.15, 0.2) is 11.5 Å². The zero-order chi connectivity index (χ0) is 16.4. The van der Waals surface area contributed by atoms with Crippen molar-refractivity contribution in [3.05, 3.63) is 28.7 Å².